The van der Waals surface area contributed by atoms with Crippen LogP contribution in [0, 0.1) is 0 Å². The van der Waals surface area contributed by atoms with Crippen molar-refractivity contribution in [2.45, 2.75) is 32.8 Å². The predicted molar refractivity (Wildman–Crippen MR) is 42.8 cm³/mol. The van der Waals surface area contributed by atoms with E-state index in [-0.39, 0.29) is 19.1 Å². The van der Waals surface area contributed by atoms with Gasteiger partial charge in [0.2, 0.25) is 0 Å². The summed E-state index contributed by atoms with van der Waals surface area (Å²) in [5.74, 6) is 0. The molecule has 1 atom stereocenters. The van der Waals surface area contributed by atoms with Crippen molar-refractivity contribution in [2.75, 3.05) is 13.3 Å². The van der Waals surface area contributed by atoms with Crippen LogP contribution in [-0.4, -0.2) is 25.5 Å². The molecule has 0 heterocycles. The van der Waals surface area contributed by atoms with Crippen molar-refractivity contribution < 1.29 is 18.7 Å². The van der Waals surface area contributed by atoms with Gasteiger partial charge >= 0.3 is 6.16 Å². The van der Waals surface area contributed by atoms with Crippen molar-refractivity contribution in [3.05, 3.63) is 0 Å². The van der Waals surface area contributed by atoms with Crippen LogP contribution >= 0.6 is 0 Å². The van der Waals surface area contributed by atoms with Crippen molar-refractivity contribution in [1.82, 2.24) is 0 Å². The molecule has 0 fully saturated rings. The molecule has 12 heavy (non-hydrogen) atoms. The normalized spacial score (nSPS) is 12.2. The largest absolute Gasteiger partial charge is 0.508 e. The van der Waals surface area contributed by atoms with Crippen molar-refractivity contribution in [1.29, 1.82) is 0 Å². The molecule has 0 aliphatic carbocycles. The summed E-state index contributed by atoms with van der Waals surface area (Å²) in [6.45, 7) is 3.29. The molecule has 4 heteroatoms. The fraction of sp³-hybridized carbons (Fsp3) is 0.875. The lowest BCUT2D eigenvalue weighted by Crippen LogP contribution is -2.15. The van der Waals surface area contributed by atoms with Gasteiger partial charge in [0.1, 0.15) is 6.10 Å². The average molecular weight is 178 g/mol. The quantitative estimate of drug-likeness (QED) is 0.478. The molecule has 0 aliphatic rings. The zero-order valence-electron chi connectivity index (χ0n) is 7.51. The van der Waals surface area contributed by atoms with E-state index < -0.39 is 12.8 Å². The Hall–Kier alpha value is -0.800. The molecule has 0 saturated heterocycles. The molecule has 0 aromatic heterocycles. The number of hydrogen-bond acceptors (Lipinski definition) is 3. The average Bonchev–Trinajstić information content (AvgIpc) is 2.05. The van der Waals surface area contributed by atoms with Gasteiger partial charge in [-0.1, -0.05) is 6.92 Å². The highest BCUT2D eigenvalue weighted by Crippen LogP contribution is 1.98. The smallest absolute Gasteiger partial charge is 0.434 e. The van der Waals surface area contributed by atoms with Gasteiger partial charge in [-0.15, -0.1) is 0 Å². The predicted octanol–water partition coefficient (Wildman–Crippen LogP) is 2.30. The molecule has 0 radical (unpaired) electrons. The van der Waals surface area contributed by atoms with Gasteiger partial charge in [-0.2, -0.15) is 0 Å². The summed E-state index contributed by atoms with van der Waals surface area (Å²) in [6, 6.07) is 0. The third kappa shape index (κ3) is 5.95. The lowest BCUT2D eigenvalue weighted by Gasteiger charge is -2.09. The highest BCUT2D eigenvalue weighted by molar-refractivity contribution is 5.59. The van der Waals surface area contributed by atoms with Crippen LogP contribution in [0.15, 0.2) is 0 Å². The minimum atomic E-state index is -0.710. The Morgan fingerprint density at radius 3 is 2.75 bits per heavy atom. The summed E-state index contributed by atoms with van der Waals surface area (Å²) in [5.41, 5.74) is 0. The Morgan fingerprint density at radius 2 is 2.25 bits per heavy atom. The van der Waals surface area contributed by atoms with Crippen LogP contribution in [0.4, 0.5) is 9.18 Å². The van der Waals surface area contributed by atoms with Crippen LogP contribution in [0.3, 0.4) is 0 Å². The Balaban J connectivity index is 3.33. The number of carbonyl (C=O) groups is 1. The maximum atomic E-state index is 11.5. The number of alkyl halides is 1. The van der Waals surface area contributed by atoms with E-state index >= 15 is 0 Å². The molecule has 0 bridgehead atoms. The third-order valence-electron chi connectivity index (χ3n) is 1.37. The first-order valence-corrected chi connectivity index (χ1v) is 4.10. The molecule has 0 N–H and O–H groups in total. The summed E-state index contributed by atoms with van der Waals surface area (Å²) in [6.07, 6.45) is 0.133. The van der Waals surface area contributed by atoms with E-state index in [4.69, 9.17) is 4.74 Å². The van der Waals surface area contributed by atoms with E-state index in [1.54, 1.807) is 6.92 Å². The van der Waals surface area contributed by atoms with Crippen molar-refractivity contribution in [3.63, 3.8) is 0 Å². The lowest BCUT2D eigenvalue weighted by atomic mass is 10.3. The second kappa shape index (κ2) is 6.88. The summed E-state index contributed by atoms with van der Waals surface area (Å²) >= 11 is 0. The van der Waals surface area contributed by atoms with Gasteiger partial charge in [0.05, 0.1) is 13.3 Å². The Labute approximate surface area is 71.8 Å². The molecular weight excluding hydrogens is 163 g/mol. The number of halogens is 1. The maximum absolute atomic E-state index is 11.5. The van der Waals surface area contributed by atoms with Crippen molar-refractivity contribution in [3.8, 4) is 0 Å². The Kier molecular flexibility index (Phi) is 6.42. The van der Waals surface area contributed by atoms with E-state index in [0.717, 1.165) is 6.42 Å². The van der Waals surface area contributed by atoms with E-state index in [0.29, 0.717) is 0 Å². The van der Waals surface area contributed by atoms with Crippen LogP contribution in [0.25, 0.3) is 0 Å². The topological polar surface area (TPSA) is 35.5 Å². The second-order valence-corrected chi connectivity index (χ2v) is 2.48. The molecule has 3 nitrogen and oxygen atoms in total. The summed E-state index contributed by atoms with van der Waals surface area (Å²) in [4.78, 5) is 10.7. The standard InChI is InChI=1S/C8H15FO3/c1-3-7(2)12-8(10)11-6-4-5-9/h7H,3-6H2,1-2H3/t7-/m0/s1. The Bertz CT molecular complexity index is 127. The van der Waals surface area contributed by atoms with Crippen LogP contribution in [-0.2, 0) is 9.47 Å². The van der Waals surface area contributed by atoms with Gasteiger partial charge in [-0.3, -0.25) is 4.39 Å². The molecule has 0 aromatic rings. The third-order valence-corrected chi connectivity index (χ3v) is 1.37. The molecule has 0 aromatic carbocycles. The second-order valence-electron chi connectivity index (χ2n) is 2.48. The van der Waals surface area contributed by atoms with Gasteiger partial charge in [0.15, 0.2) is 0 Å². The van der Waals surface area contributed by atoms with E-state index in [1.807, 2.05) is 6.92 Å². The van der Waals surface area contributed by atoms with Gasteiger partial charge in [-0.25, -0.2) is 4.79 Å². The zero-order valence-corrected chi connectivity index (χ0v) is 7.51. The molecule has 0 saturated carbocycles. The van der Waals surface area contributed by atoms with E-state index in [2.05, 4.69) is 4.74 Å². The summed E-state index contributed by atoms with van der Waals surface area (Å²) < 4.78 is 20.9. The number of ether oxygens (including phenoxy) is 2. The number of hydrogen-bond donors (Lipinski definition) is 0. The fourth-order valence-corrected chi connectivity index (χ4v) is 0.492. The Morgan fingerprint density at radius 1 is 1.58 bits per heavy atom. The van der Waals surface area contributed by atoms with Gasteiger partial charge in [0.25, 0.3) is 0 Å². The zero-order chi connectivity index (χ0) is 9.40. The van der Waals surface area contributed by atoms with Crippen LogP contribution in [0.1, 0.15) is 26.7 Å². The SMILES string of the molecule is CC[C@H](C)OC(=O)OCCCF. The summed E-state index contributed by atoms with van der Waals surface area (Å²) in [7, 11) is 0. The lowest BCUT2D eigenvalue weighted by molar-refractivity contribution is 0.0268. The van der Waals surface area contributed by atoms with Crippen LogP contribution in [0.2, 0.25) is 0 Å². The molecule has 72 valence electrons. The minimum absolute atomic E-state index is 0.0891. The monoisotopic (exact) mass is 178 g/mol. The van der Waals surface area contributed by atoms with Gasteiger partial charge in [0, 0.05) is 6.42 Å². The van der Waals surface area contributed by atoms with E-state index in [1.165, 1.54) is 0 Å². The first kappa shape index (κ1) is 11.2. The molecule has 0 rings (SSSR count). The molecular formula is C8H15FO3. The molecule has 0 amide bonds. The van der Waals surface area contributed by atoms with Crippen molar-refractivity contribution >= 4 is 6.16 Å². The molecule has 0 aliphatic heterocycles. The van der Waals surface area contributed by atoms with Crippen LogP contribution < -0.4 is 0 Å². The van der Waals surface area contributed by atoms with Gasteiger partial charge < -0.3 is 9.47 Å². The minimum Gasteiger partial charge on any atom is -0.434 e. The van der Waals surface area contributed by atoms with Crippen LogP contribution in [0.5, 0.6) is 0 Å². The highest BCUT2D eigenvalue weighted by Gasteiger charge is 2.07. The first-order valence-electron chi connectivity index (χ1n) is 4.10. The molecule has 0 unspecified atom stereocenters. The fourth-order valence-electron chi connectivity index (χ4n) is 0.492. The summed E-state index contributed by atoms with van der Waals surface area (Å²) in [5, 5.41) is 0. The number of rotatable bonds is 5. The van der Waals surface area contributed by atoms with Crippen molar-refractivity contribution in [2.24, 2.45) is 0 Å². The highest BCUT2D eigenvalue weighted by atomic mass is 19.1. The molecule has 0 spiro atoms. The number of carbonyl (C=O) groups excluding carboxylic acids is 1. The maximum Gasteiger partial charge on any atom is 0.508 e. The first-order chi connectivity index (χ1) is 5.70. The van der Waals surface area contributed by atoms with Gasteiger partial charge in [-0.05, 0) is 13.3 Å². The van der Waals surface area contributed by atoms with E-state index in [9.17, 15) is 9.18 Å².